The average Bonchev–Trinajstić information content (AvgIpc) is 2.03. The molecule has 1 unspecified atom stereocenters. The van der Waals surface area contributed by atoms with Crippen LogP contribution in [0.1, 0.15) is 26.7 Å². The molecule has 0 aromatic carbocycles. The van der Waals surface area contributed by atoms with Crippen LogP contribution in [-0.2, 0) is 19.1 Å². The first-order valence-electron chi connectivity index (χ1n) is 4.40. The molecule has 5 heteroatoms. The number of ketones is 1. The maximum atomic E-state index is 11.1. The van der Waals surface area contributed by atoms with E-state index >= 15 is 0 Å². The highest BCUT2D eigenvalue weighted by molar-refractivity contribution is 6.13. The number of unbranched alkanes of at least 4 members (excludes halogenated alkanes) is 1. The molecule has 0 fully saturated rings. The minimum atomic E-state index is -1.67. The molecule has 0 rings (SSSR count). The van der Waals surface area contributed by atoms with Crippen molar-refractivity contribution in [2.24, 2.45) is 5.92 Å². The molecule has 0 bridgehead atoms. The Morgan fingerprint density at radius 2 is 1.93 bits per heavy atom. The predicted octanol–water partition coefficient (Wildman–Crippen LogP) is 0.620. The number of carbonyl (C=O) groups is 3. The number of Topliss-reactive ketones (excluding diaryl/α,β-unsaturated/α-hetero) is 1. The van der Waals surface area contributed by atoms with E-state index in [2.05, 4.69) is 4.74 Å². The van der Waals surface area contributed by atoms with E-state index in [-0.39, 0.29) is 6.61 Å². The van der Waals surface area contributed by atoms with Crippen LogP contribution < -0.4 is 0 Å². The first kappa shape index (κ1) is 12.6. The zero-order valence-electron chi connectivity index (χ0n) is 8.28. The fourth-order valence-electron chi connectivity index (χ4n) is 0.841. The Balaban J connectivity index is 4.17. The van der Waals surface area contributed by atoms with Gasteiger partial charge in [0.2, 0.25) is 5.92 Å². The molecule has 0 aromatic rings. The summed E-state index contributed by atoms with van der Waals surface area (Å²) < 4.78 is 4.63. The number of aliphatic carboxylic acids is 1. The quantitative estimate of drug-likeness (QED) is 0.388. The lowest BCUT2D eigenvalue weighted by Gasteiger charge is -2.08. The largest absolute Gasteiger partial charge is 0.480 e. The molecule has 0 heterocycles. The Morgan fingerprint density at radius 1 is 1.36 bits per heavy atom. The summed E-state index contributed by atoms with van der Waals surface area (Å²) in [5.41, 5.74) is 0. The van der Waals surface area contributed by atoms with Crippen molar-refractivity contribution in [2.45, 2.75) is 26.7 Å². The van der Waals surface area contributed by atoms with Gasteiger partial charge in [-0.3, -0.25) is 14.4 Å². The van der Waals surface area contributed by atoms with Gasteiger partial charge >= 0.3 is 11.9 Å². The fraction of sp³-hybridized carbons (Fsp3) is 0.667. The molecular weight excluding hydrogens is 188 g/mol. The molecule has 0 amide bonds. The molecule has 0 saturated carbocycles. The fourth-order valence-corrected chi connectivity index (χ4v) is 0.841. The van der Waals surface area contributed by atoms with Crippen LogP contribution in [0.2, 0.25) is 0 Å². The first-order valence-corrected chi connectivity index (χ1v) is 4.40. The second kappa shape index (κ2) is 6.12. The van der Waals surface area contributed by atoms with Crippen LogP contribution in [0, 0.1) is 5.92 Å². The highest BCUT2D eigenvalue weighted by Crippen LogP contribution is 2.03. The highest BCUT2D eigenvalue weighted by atomic mass is 16.5. The number of carboxylic acids is 1. The normalized spacial score (nSPS) is 11.9. The second-order valence-electron chi connectivity index (χ2n) is 2.90. The highest BCUT2D eigenvalue weighted by Gasteiger charge is 2.32. The molecule has 0 saturated heterocycles. The summed E-state index contributed by atoms with van der Waals surface area (Å²) in [6.45, 7) is 3.12. The lowest BCUT2D eigenvalue weighted by atomic mass is 10.1. The number of rotatable bonds is 6. The minimum absolute atomic E-state index is 0.159. The van der Waals surface area contributed by atoms with Gasteiger partial charge in [0.15, 0.2) is 5.78 Å². The van der Waals surface area contributed by atoms with Crippen LogP contribution in [0.15, 0.2) is 0 Å². The average molecular weight is 202 g/mol. The summed E-state index contributed by atoms with van der Waals surface area (Å²) >= 11 is 0. The van der Waals surface area contributed by atoms with Crippen molar-refractivity contribution in [2.75, 3.05) is 6.61 Å². The monoisotopic (exact) mass is 202 g/mol. The Hall–Kier alpha value is -1.39. The summed E-state index contributed by atoms with van der Waals surface area (Å²) in [5, 5.41) is 8.55. The van der Waals surface area contributed by atoms with Crippen LogP contribution in [0.5, 0.6) is 0 Å². The third-order valence-corrected chi connectivity index (χ3v) is 1.63. The first-order chi connectivity index (χ1) is 6.50. The lowest BCUT2D eigenvalue weighted by Crippen LogP contribution is -2.31. The van der Waals surface area contributed by atoms with Gasteiger partial charge in [-0.15, -0.1) is 0 Å². The molecule has 0 radical (unpaired) electrons. The van der Waals surface area contributed by atoms with Gasteiger partial charge in [-0.05, 0) is 13.3 Å². The van der Waals surface area contributed by atoms with Gasteiger partial charge in [-0.25, -0.2) is 0 Å². The molecule has 0 aromatic heterocycles. The third kappa shape index (κ3) is 4.02. The van der Waals surface area contributed by atoms with Gasteiger partial charge < -0.3 is 9.84 Å². The molecule has 0 spiro atoms. The van der Waals surface area contributed by atoms with Gasteiger partial charge in [0, 0.05) is 0 Å². The van der Waals surface area contributed by atoms with E-state index in [9.17, 15) is 14.4 Å². The molecule has 0 aliphatic heterocycles. The third-order valence-electron chi connectivity index (χ3n) is 1.63. The van der Waals surface area contributed by atoms with Crippen molar-refractivity contribution in [3.63, 3.8) is 0 Å². The van der Waals surface area contributed by atoms with Gasteiger partial charge in [-0.1, -0.05) is 13.3 Å². The van der Waals surface area contributed by atoms with Gasteiger partial charge in [0.1, 0.15) is 0 Å². The summed E-state index contributed by atoms with van der Waals surface area (Å²) in [6, 6.07) is 0. The Bertz CT molecular complexity index is 219. The van der Waals surface area contributed by atoms with Crippen molar-refractivity contribution >= 4 is 17.7 Å². The minimum Gasteiger partial charge on any atom is -0.480 e. The summed E-state index contributed by atoms with van der Waals surface area (Å²) in [6.07, 6.45) is 1.50. The Kier molecular flexibility index (Phi) is 5.52. The topological polar surface area (TPSA) is 80.7 Å². The SMILES string of the molecule is CCCCOC(=O)C(C(C)=O)C(=O)O. The van der Waals surface area contributed by atoms with E-state index in [4.69, 9.17) is 5.11 Å². The smallest absolute Gasteiger partial charge is 0.328 e. The van der Waals surface area contributed by atoms with Crippen LogP contribution >= 0.6 is 0 Å². The molecule has 1 N–H and O–H groups in total. The molecular formula is C9H14O5. The number of hydrogen-bond acceptors (Lipinski definition) is 4. The summed E-state index contributed by atoms with van der Waals surface area (Å²) in [5.74, 6) is -4.82. The number of hydrogen-bond donors (Lipinski definition) is 1. The van der Waals surface area contributed by atoms with E-state index in [0.29, 0.717) is 6.42 Å². The molecule has 14 heavy (non-hydrogen) atoms. The molecule has 80 valence electrons. The molecule has 0 aliphatic carbocycles. The Morgan fingerprint density at radius 3 is 2.29 bits per heavy atom. The van der Waals surface area contributed by atoms with Gasteiger partial charge in [0.05, 0.1) is 6.61 Å². The van der Waals surface area contributed by atoms with Crippen molar-refractivity contribution < 1.29 is 24.2 Å². The number of carboxylic acid groups (broad SMARTS) is 1. The van der Waals surface area contributed by atoms with Crippen molar-refractivity contribution in [3.8, 4) is 0 Å². The van der Waals surface area contributed by atoms with E-state index in [1.54, 1.807) is 0 Å². The molecule has 5 nitrogen and oxygen atoms in total. The number of ether oxygens (including phenoxy) is 1. The molecule has 0 aliphatic rings. The van der Waals surface area contributed by atoms with E-state index < -0.39 is 23.6 Å². The van der Waals surface area contributed by atoms with Crippen molar-refractivity contribution in [1.82, 2.24) is 0 Å². The Labute approximate surface area is 82.1 Å². The number of esters is 1. The van der Waals surface area contributed by atoms with Crippen LogP contribution in [-0.4, -0.2) is 29.4 Å². The maximum absolute atomic E-state index is 11.1. The van der Waals surface area contributed by atoms with Crippen molar-refractivity contribution in [1.29, 1.82) is 0 Å². The van der Waals surface area contributed by atoms with E-state index in [1.807, 2.05) is 6.92 Å². The number of carbonyl (C=O) groups excluding carboxylic acids is 2. The van der Waals surface area contributed by atoms with Gasteiger partial charge in [0.25, 0.3) is 0 Å². The lowest BCUT2D eigenvalue weighted by molar-refractivity contribution is -0.161. The second-order valence-corrected chi connectivity index (χ2v) is 2.90. The zero-order valence-corrected chi connectivity index (χ0v) is 8.28. The van der Waals surface area contributed by atoms with E-state index in [1.165, 1.54) is 0 Å². The maximum Gasteiger partial charge on any atom is 0.328 e. The predicted molar refractivity (Wildman–Crippen MR) is 47.7 cm³/mol. The van der Waals surface area contributed by atoms with Crippen LogP contribution in [0.3, 0.4) is 0 Å². The van der Waals surface area contributed by atoms with Crippen LogP contribution in [0.25, 0.3) is 0 Å². The van der Waals surface area contributed by atoms with Gasteiger partial charge in [-0.2, -0.15) is 0 Å². The van der Waals surface area contributed by atoms with Crippen LogP contribution in [0.4, 0.5) is 0 Å². The van der Waals surface area contributed by atoms with Crippen molar-refractivity contribution in [3.05, 3.63) is 0 Å². The summed E-state index contributed by atoms with van der Waals surface area (Å²) in [4.78, 5) is 32.3. The molecule has 1 atom stereocenters. The summed E-state index contributed by atoms with van der Waals surface area (Å²) in [7, 11) is 0. The zero-order chi connectivity index (χ0) is 11.1. The standard InChI is InChI=1S/C9H14O5/c1-3-4-5-14-9(13)7(6(2)10)8(11)12/h7H,3-5H2,1-2H3,(H,11,12). The van der Waals surface area contributed by atoms with E-state index in [0.717, 1.165) is 13.3 Å².